The molecule has 4 heteroatoms. The summed E-state index contributed by atoms with van der Waals surface area (Å²) in [6, 6.07) is 4.07. The average molecular weight is 591 g/mol. The lowest BCUT2D eigenvalue weighted by Gasteiger charge is -2.29. The Morgan fingerprint density at radius 3 is 1.41 bits per heavy atom. The highest BCUT2D eigenvalue weighted by molar-refractivity contribution is 7.99. The van der Waals surface area contributed by atoms with Gasteiger partial charge in [0, 0.05) is 5.25 Å². The summed E-state index contributed by atoms with van der Waals surface area (Å²) in [5.41, 5.74) is 2.38. The highest BCUT2D eigenvalue weighted by Crippen LogP contribution is 2.40. The lowest BCUT2D eigenvalue weighted by molar-refractivity contribution is -0.141. The van der Waals surface area contributed by atoms with Crippen molar-refractivity contribution >= 4 is 17.7 Å². The molecule has 41 heavy (non-hydrogen) atoms. The van der Waals surface area contributed by atoms with E-state index >= 15 is 0 Å². The second-order valence-electron chi connectivity index (χ2n) is 14.6. The quantitative estimate of drug-likeness (QED) is 0.132. The number of thioether (sulfide) groups is 1. The molecule has 0 radical (unpaired) electrons. The van der Waals surface area contributed by atoms with Crippen molar-refractivity contribution in [2.24, 2.45) is 5.92 Å². The molecule has 1 aromatic rings. The van der Waals surface area contributed by atoms with Crippen LogP contribution in [-0.2, 0) is 22.0 Å². The molecular weight excluding hydrogens is 524 g/mol. The molecule has 238 valence electrons. The molecule has 0 spiro atoms. The average Bonchev–Trinajstić information content (AvgIpc) is 2.88. The molecule has 0 aliphatic carbocycles. The van der Waals surface area contributed by atoms with Crippen LogP contribution in [0.5, 0.6) is 5.75 Å². The van der Waals surface area contributed by atoms with Gasteiger partial charge in [-0.25, -0.2) is 0 Å². The predicted molar refractivity (Wildman–Crippen MR) is 182 cm³/mol. The molecule has 3 nitrogen and oxygen atoms in total. The van der Waals surface area contributed by atoms with Gasteiger partial charge in [-0.15, -0.1) is 0 Å². The molecule has 0 heterocycles. The van der Waals surface area contributed by atoms with Crippen LogP contribution in [0.25, 0.3) is 0 Å². The number of hydrogen-bond acceptors (Lipinski definition) is 3. The molecule has 0 amide bonds. The van der Waals surface area contributed by atoms with Crippen molar-refractivity contribution in [3.05, 3.63) is 28.8 Å². The van der Waals surface area contributed by atoms with E-state index in [1.165, 1.54) is 103 Å². The first-order valence-corrected chi connectivity index (χ1v) is 18.0. The maximum atomic E-state index is 12.3. The monoisotopic (exact) mass is 590 g/mol. The van der Waals surface area contributed by atoms with Gasteiger partial charge in [0.05, 0.1) is 5.92 Å². The van der Waals surface area contributed by atoms with Crippen molar-refractivity contribution < 1.29 is 15.0 Å². The van der Waals surface area contributed by atoms with Gasteiger partial charge in [-0.1, -0.05) is 164 Å². The number of phenolic OH excluding ortho intramolecular Hbond substituents is 1. The standard InChI is InChI=1S/C37H66O3S/c1-9-10-11-12-13-14-15-16-17-18-19-20-21-22-23-24-25-41-29(2)31(35(39)40)26-30-27-32(36(3,4)5)34(38)33(28-30)37(6,7)8/h27-29,31,38H,9-26H2,1-8H3,(H,39,40). The SMILES string of the molecule is CCCCCCCCCCCCCCCCCCSC(C)C(Cc1cc(C(C)(C)C)c(O)c(C(C)(C)C)c1)C(=O)O. The molecule has 0 aliphatic rings. The number of aliphatic carboxylic acids is 1. The molecule has 0 aliphatic heterocycles. The van der Waals surface area contributed by atoms with Gasteiger partial charge in [-0.2, -0.15) is 11.8 Å². The topological polar surface area (TPSA) is 57.5 Å². The van der Waals surface area contributed by atoms with Gasteiger partial charge in [-0.3, -0.25) is 4.79 Å². The van der Waals surface area contributed by atoms with E-state index in [2.05, 4.69) is 55.4 Å². The Kier molecular flexibility index (Phi) is 18.4. The third kappa shape index (κ3) is 15.8. The molecular formula is C37H66O3S. The summed E-state index contributed by atoms with van der Waals surface area (Å²) in [5.74, 6) is 0.219. The van der Waals surface area contributed by atoms with Crippen molar-refractivity contribution in [1.29, 1.82) is 0 Å². The molecule has 0 bridgehead atoms. The zero-order valence-electron chi connectivity index (χ0n) is 28.2. The van der Waals surface area contributed by atoms with E-state index in [-0.39, 0.29) is 16.1 Å². The van der Waals surface area contributed by atoms with Crippen LogP contribution in [0, 0.1) is 5.92 Å². The van der Waals surface area contributed by atoms with E-state index in [4.69, 9.17) is 0 Å². The lowest BCUT2D eigenvalue weighted by Crippen LogP contribution is -2.27. The number of phenols is 1. The Morgan fingerprint density at radius 2 is 1.07 bits per heavy atom. The van der Waals surface area contributed by atoms with Gasteiger partial charge in [0.15, 0.2) is 0 Å². The largest absolute Gasteiger partial charge is 0.507 e. The first-order chi connectivity index (χ1) is 19.3. The van der Waals surface area contributed by atoms with Gasteiger partial charge in [0.2, 0.25) is 0 Å². The van der Waals surface area contributed by atoms with Crippen molar-refractivity contribution in [1.82, 2.24) is 0 Å². The van der Waals surface area contributed by atoms with Gasteiger partial charge < -0.3 is 10.2 Å². The first-order valence-electron chi connectivity index (χ1n) is 17.0. The van der Waals surface area contributed by atoms with Crippen LogP contribution in [0.1, 0.15) is 175 Å². The summed E-state index contributed by atoms with van der Waals surface area (Å²) >= 11 is 1.81. The fourth-order valence-corrected chi connectivity index (χ4v) is 6.89. The second-order valence-corrected chi connectivity index (χ2v) is 16.1. The van der Waals surface area contributed by atoms with Gasteiger partial charge >= 0.3 is 5.97 Å². The summed E-state index contributed by atoms with van der Waals surface area (Å²) in [6.07, 6.45) is 22.4. The van der Waals surface area contributed by atoms with Crippen LogP contribution in [0.15, 0.2) is 12.1 Å². The maximum absolute atomic E-state index is 12.3. The summed E-state index contributed by atoms with van der Waals surface area (Å²) in [6.45, 7) is 17.0. The molecule has 2 unspecified atom stereocenters. The smallest absolute Gasteiger partial charge is 0.307 e. The summed E-state index contributed by atoms with van der Waals surface area (Å²) < 4.78 is 0. The Bertz CT molecular complexity index is 814. The highest BCUT2D eigenvalue weighted by atomic mass is 32.2. The maximum Gasteiger partial charge on any atom is 0.307 e. The van der Waals surface area contributed by atoms with Gasteiger partial charge in [0.25, 0.3) is 0 Å². The van der Waals surface area contributed by atoms with E-state index in [0.29, 0.717) is 12.2 Å². The molecule has 2 atom stereocenters. The van der Waals surface area contributed by atoms with Gasteiger partial charge in [0.1, 0.15) is 5.75 Å². The number of unbranched alkanes of at least 4 members (excludes halogenated alkanes) is 15. The Hall–Kier alpha value is -1.16. The predicted octanol–water partition coefficient (Wildman–Crippen LogP) is 11.6. The molecule has 2 N–H and O–H groups in total. The number of aromatic hydroxyl groups is 1. The minimum Gasteiger partial charge on any atom is -0.507 e. The third-order valence-electron chi connectivity index (χ3n) is 8.50. The van der Waals surface area contributed by atoms with E-state index in [9.17, 15) is 15.0 Å². The van der Waals surface area contributed by atoms with Crippen LogP contribution < -0.4 is 0 Å². The van der Waals surface area contributed by atoms with E-state index in [1.54, 1.807) is 0 Å². The zero-order valence-corrected chi connectivity index (χ0v) is 29.1. The minimum absolute atomic E-state index is 0.0498. The molecule has 0 aromatic heterocycles. The molecule has 0 saturated heterocycles. The fourth-order valence-electron chi connectivity index (χ4n) is 5.70. The van der Waals surface area contributed by atoms with E-state index in [0.717, 1.165) is 22.4 Å². The summed E-state index contributed by atoms with van der Waals surface area (Å²) in [5, 5.41) is 21.2. The van der Waals surface area contributed by atoms with Crippen molar-refractivity contribution in [3.8, 4) is 5.75 Å². The number of carbonyl (C=O) groups is 1. The van der Waals surface area contributed by atoms with E-state index in [1.807, 2.05) is 23.9 Å². The summed E-state index contributed by atoms with van der Waals surface area (Å²) in [4.78, 5) is 12.3. The Labute approximate surface area is 259 Å². The fraction of sp³-hybridized carbons (Fsp3) is 0.811. The molecule has 1 aromatic carbocycles. The van der Waals surface area contributed by atoms with Crippen LogP contribution in [-0.4, -0.2) is 27.2 Å². The number of benzene rings is 1. The second kappa shape index (κ2) is 19.9. The molecule has 0 fully saturated rings. The van der Waals surface area contributed by atoms with Crippen molar-refractivity contribution in [2.45, 2.75) is 181 Å². The molecule has 0 saturated carbocycles. The van der Waals surface area contributed by atoms with Gasteiger partial charge in [-0.05, 0) is 46.1 Å². The van der Waals surface area contributed by atoms with Crippen LogP contribution in [0.3, 0.4) is 0 Å². The van der Waals surface area contributed by atoms with Crippen molar-refractivity contribution in [2.75, 3.05) is 5.75 Å². The minimum atomic E-state index is -0.723. The van der Waals surface area contributed by atoms with Crippen molar-refractivity contribution in [3.63, 3.8) is 0 Å². The van der Waals surface area contributed by atoms with E-state index < -0.39 is 11.9 Å². The van der Waals surface area contributed by atoms with Crippen LogP contribution >= 0.6 is 11.8 Å². The lowest BCUT2D eigenvalue weighted by atomic mass is 9.77. The zero-order chi connectivity index (χ0) is 30.9. The summed E-state index contributed by atoms with van der Waals surface area (Å²) in [7, 11) is 0. The number of carboxylic acid groups (broad SMARTS) is 1. The number of carboxylic acids is 1. The number of rotatable bonds is 22. The van der Waals surface area contributed by atoms with Crippen LogP contribution in [0.4, 0.5) is 0 Å². The normalized spacial score (nSPS) is 13.9. The Morgan fingerprint density at radius 1 is 0.707 bits per heavy atom. The Balaban J connectivity index is 2.35. The third-order valence-corrected chi connectivity index (χ3v) is 9.88. The highest BCUT2D eigenvalue weighted by Gasteiger charge is 2.30. The number of hydrogen-bond donors (Lipinski definition) is 2. The van der Waals surface area contributed by atoms with Crippen LogP contribution in [0.2, 0.25) is 0 Å². The first kappa shape index (κ1) is 37.9. The molecule has 1 rings (SSSR count).